The summed E-state index contributed by atoms with van der Waals surface area (Å²) in [7, 11) is 0. The van der Waals surface area contributed by atoms with E-state index in [-0.39, 0.29) is 0 Å². The molecule has 11 aromatic carbocycles. The molecule has 0 aliphatic rings. The summed E-state index contributed by atoms with van der Waals surface area (Å²) in [5.74, 6) is 1.49. The number of aromatic nitrogens is 4. The lowest BCUT2D eigenvalue weighted by Crippen LogP contribution is -2.01. The van der Waals surface area contributed by atoms with Crippen molar-refractivity contribution in [2.45, 2.75) is 0 Å². The second-order valence-corrected chi connectivity index (χ2v) is 17.5. The van der Waals surface area contributed by atoms with Gasteiger partial charge in [-0.2, -0.15) is 0 Å². The third-order valence-electron chi connectivity index (χ3n) is 13.4. The van der Waals surface area contributed by atoms with Gasteiger partial charge < -0.3 is 4.57 Å². The Morgan fingerprint density at radius 2 is 0.647 bits per heavy atom. The summed E-state index contributed by atoms with van der Waals surface area (Å²) in [5.41, 5.74) is 15.8. The largest absolute Gasteiger partial charge is 0.309 e. The van der Waals surface area contributed by atoms with E-state index in [0.717, 1.165) is 39.4 Å². The molecule has 318 valence electrons. The van der Waals surface area contributed by atoms with Crippen LogP contribution < -0.4 is 0 Å². The lowest BCUT2D eigenvalue weighted by atomic mass is 9.96. The Bertz CT molecular complexity index is 3800. The highest BCUT2D eigenvalue weighted by atomic mass is 15.4. The Kier molecular flexibility index (Phi) is 9.47. The Balaban J connectivity index is 0.906. The van der Waals surface area contributed by atoms with Crippen molar-refractivity contribution in [2.75, 3.05) is 0 Å². The van der Waals surface area contributed by atoms with Gasteiger partial charge in [0.15, 0.2) is 11.6 Å². The minimum Gasteiger partial charge on any atom is -0.309 e. The monoisotopic (exact) mass is 866 g/mol. The molecule has 0 saturated heterocycles. The van der Waals surface area contributed by atoms with E-state index in [1.54, 1.807) is 0 Å². The molecule has 0 radical (unpaired) electrons. The van der Waals surface area contributed by atoms with Crippen molar-refractivity contribution >= 4 is 43.4 Å². The van der Waals surface area contributed by atoms with E-state index in [0.29, 0.717) is 5.82 Å². The summed E-state index contributed by atoms with van der Waals surface area (Å²) in [6.45, 7) is 0. The van der Waals surface area contributed by atoms with E-state index >= 15 is 0 Å². The van der Waals surface area contributed by atoms with Gasteiger partial charge in [0.1, 0.15) is 0 Å². The Morgan fingerprint density at radius 1 is 0.265 bits per heavy atom. The highest BCUT2D eigenvalue weighted by molar-refractivity contribution is 6.11. The zero-order chi connectivity index (χ0) is 45.0. The van der Waals surface area contributed by atoms with Gasteiger partial charge in [0, 0.05) is 27.6 Å². The van der Waals surface area contributed by atoms with E-state index in [9.17, 15) is 0 Å². The molecule has 0 amide bonds. The normalized spacial score (nSPS) is 11.5. The predicted octanol–water partition coefficient (Wildman–Crippen LogP) is 16.7. The predicted molar refractivity (Wildman–Crippen MR) is 283 cm³/mol. The van der Waals surface area contributed by atoms with Crippen molar-refractivity contribution in [1.82, 2.24) is 19.3 Å². The molecule has 0 aliphatic carbocycles. The molecule has 0 saturated carbocycles. The average molecular weight is 867 g/mol. The van der Waals surface area contributed by atoms with Gasteiger partial charge in [-0.25, -0.2) is 9.67 Å². The van der Waals surface area contributed by atoms with Crippen LogP contribution in [0.4, 0.5) is 0 Å². The molecule has 0 N–H and O–H groups in total. The fourth-order valence-electron chi connectivity index (χ4n) is 9.83. The minimum atomic E-state index is 0.689. The maximum atomic E-state index is 5.06. The molecule has 13 rings (SSSR count). The van der Waals surface area contributed by atoms with Crippen LogP contribution in [0.3, 0.4) is 0 Å². The van der Waals surface area contributed by atoms with Gasteiger partial charge in [-0.3, -0.25) is 0 Å². The molecular formula is C64H42N4. The van der Waals surface area contributed by atoms with Crippen molar-refractivity contribution in [2.24, 2.45) is 0 Å². The summed E-state index contributed by atoms with van der Waals surface area (Å²) in [5, 5.41) is 12.5. The van der Waals surface area contributed by atoms with Gasteiger partial charge in [0.25, 0.3) is 0 Å². The van der Waals surface area contributed by atoms with Crippen molar-refractivity contribution < 1.29 is 0 Å². The van der Waals surface area contributed by atoms with Crippen LogP contribution in [-0.4, -0.2) is 19.3 Å². The Labute approximate surface area is 394 Å². The molecule has 0 aliphatic heterocycles. The second kappa shape index (κ2) is 16.4. The summed E-state index contributed by atoms with van der Waals surface area (Å²) in [6.07, 6.45) is 0. The third-order valence-corrected chi connectivity index (χ3v) is 13.4. The summed E-state index contributed by atoms with van der Waals surface area (Å²) in [4.78, 5) is 5.06. The quantitative estimate of drug-likeness (QED) is 0.153. The zero-order valence-electron chi connectivity index (χ0n) is 37.0. The molecule has 4 heteroatoms. The maximum absolute atomic E-state index is 5.06. The number of rotatable bonds is 8. The number of fused-ring (bicyclic) bond motifs is 5. The molecule has 0 bridgehead atoms. The molecule has 0 atom stereocenters. The van der Waals surface area contributed by atoms with Gasteiger partial charge in [-0.15, -0.1) is 5.10 Å². The summed E-state index contributed by atoms with van der Waals surface area (Å²) < 4.78 is 4.35. The van der Waals surface area contributed by atoms with Crippen LogP contribution in [0.5, 0.6) is 0 Å². The first-order chi connectivity index (χ1) is 33.7. The van der Waals surface area contributed by atoms with Crippen molar-refractivity contribution in [3.8, 4) is 78.7 Å². The SMILES string of the molecule is c1ccc(-c2nc(-c3ccccc3)n(-c3ccc(-n4c5ccc(-c6ccc(-c7ccc8ccccc8c7)cc6)cc5c5cc(-c6ccc(-c7ccc8ccccc8c7)cc6)ccc54)cc3)n2)cc1. The maximum Gasteiger partial charge on any atom is 0.182 e. The fraction of sp³-hybridized carbons (Fsp3) is 0. The Hall–Kier alpha value is -9.12. The number of benzene rings is 11. The first-order valence-corrected chi connectivity index (χ1v) is 23.1. The van der Waals surface area contributed by atoms with Gasteiger partial charge in [0.05, 0.1) is 16.7 Å². The Morgan fingerprint density at radius 3 is 1.13 bits per heavy atom. The molecule has 2 heterocycles. The van der Waals surface area contributed by atoms with Crippen LogP contribution in [-0.2, 0) is 0 Å². The van der Waals surface area contributed by atoms with Gasteiger partial charge in [-0.1, -0.05) is 194 Å². The number of nitrogens with zero attached hydrogens (tertiary/aromatic N) is 4. The molecule has 0 unspecified atom stereocenters. The van der Waals surface area contributed by atoms with E-state index in [1.165, 1.54) is 76.8 Å². The fourth-order valence-corrected chi connectivity index (χ4v) is 9.83. The first kappa shape index (κ1) is 39.3. The van der Waals surface area contributed by atoms with Crippen LogP contribution in [0.15, 0.2) is 255 Å². The highest BCUT2D eigenvalue weighted by Crippen LogP contribution is 2.39. The minimum absolute atomic E-state index is 0.689. The topological polar surface area (TPSA) is 35.6 Å². The standard InChI is InChI=1S/C64H42N4/c1-3-13-49(14-4-1)63-65-64(50-15-5-2-6-16-50)68(66-63)58-35-33-57(34-36-58)67-61-37-31-55(47-23-19-45(20-24-47)53-29-27-43-11-7-9-17-51(43)39-53)41-59(61)60-42-56(32-38-62(60)67)48-25-21-46(22-26-48)54-30-28-44-12-8-10-18-52(44)40-54/h1-42H. The molecule has 0 fully saturated rings. The molecule has 4 nitrogen and oxygen atoms in total. The molecular weight excluding hydrogens is 825 g/mol. The first-order valence-electron chi connectivity index (χ1n) is 23.1. The highest BCUT2D eigenvalue weighted by Gasteiger charge is 2.18. The van der Waals surface area contributed by atoms with Crippen LogP contribution in [0.2, 0.25) is 0 Å². The summed E-state index contributed by atoms with van der Waals surface area (Å²) >= 11 is 0. The van der Waals surface area contributed by atoms with Crippen LogP contribution in [0.1, 0.15) is 0 Å². The van der Waals surface area contributed by atoms with E-state index in [4.69, 9.17) is 10.1 Å². The van der Waals surface area contributed by atoms with Gasteiger partial charge in [0.2, 0.25) is 0 Å². The van der Waals surface area contributed by atoms with Crippen molar-refractivity contribution in [3.05, 3.63) is 255 Å². The van der Waals surface area contributed by atoms with E-state index in [1.807, 2.05) is 41.1 Å². The van der Waals surface area contributed by atoms with Crippen LogP contribution in [0, 0.1) is 0 Å². The van der Waals surface area contributed by atoms with Crippen LogP contribution in [0.25, 0.3) is 122 Å². The molecule has 0 spiro atoms. The lowest BCUT2D eigenvalue weighted by molar-refractivity contribution is 0.889. The van der Waals surface area contributed by atoms with E-state index < -0.39 is 0 Å². The molecule has 2 aromatic heterocycles. The molecule has 13 aromatic rings. The third kappa shape index (κ3) is 7.04. The molecule has 68 heavy (non-hydrogen) atoms. The lowest BCUT2D eigenvalue weighted by Gasteiger charge is -2.11. The van der Waals surface area contributed by atoms with Gasteiger partial charge in [-0.05, 0) is 127 Å². The smallest absolute Gasteiger partial charge is 0.182 e. The van der Waals surface area contributed by atoms with Crippen molar-refractivity contribution in [3.63, 3.8) is 0 Å². The van der Waals surface area contributed by atoms with Gasteiger partial charge >= 0.3 is 0 Å². The van der Waals surface area contributed by atoms with E-state index in [2.05, 4.69) is 223 Å². The van der Waals surface area contributed by atoms with Crippen molar-refractivity contribution in [1.29, 1.82) is 0 Å². The second-order valence-electron chi connectivity index (χ2n) is 17.5. The van der Waals surface area contributed by atoms with Crippen LogP contribution >= 0.6 is 0 Å². The summed E-state index contributed by atoms with van der Waals surface area (Å²) in [6, 6.07) is 91.5. The number of hydrogen-bond acceptors (Lipinski definition) is 2. The average Bonchev–Trinajstić information content (AvgIpc) is 4.01. The zero-order valence-corrected chi connectivity index (χ0v) is 37.0. The number of hydrogen-bond donors (Lipinski definition) is 0.